The minimum absolute atomic E-state index is 0.543. The molecule has 0 aliphatic carbocycles. The summed E-state index contributed by atoms with van der Waals surface area (Å²) in [5.74, 6) is 1.14. The highest BCUT2D eigenvalue weighted by Gasteiger charge is 2.34. The number of likely N-dealkylation sites (tertiary alicyclic amines) is 1. The van der Waals surface area contributed by atoms with Gasteiger partial charge in [0.1, 0.15) is 5.69 Å². The van der Waals surface area contributed by atoms with Gasteiger partial charge in [0.15, 0.2) is 0 Å². The number of aliphatic hydroxyl groups is 1. The first-order chi connectivity index (χ1) is 11.4. The molecule has 24 heavy (non-hydrogen) atoms. The Bertz CT molecular complexity index is 693. The van der Waals surface area contributed by atoms with Gasteiger partial charge >= 0.3 is 0 Å². The Labute approximate surface area is 142 Å². The van der Waals surface area contributed by atoms with Crippen molar-refractivity contribution in [2.24, 2.45) is 7.05 Å². The highest BCUT2D eigenvalue weighted by atomic mass is 16.4. The van der Waals surface area contributed by atoms with E-state index in [0.717, 1.165) is 30.8 Å². The van der Waals surface area contributed by atoms with Gasteiger partial charge in [0, 0.05) is 25.8 Å². The van der Waals surface area contributed by atoms with Crippen LogP contribution in [0.4, 0.5) is 0 Å². The van der Waals surface area contributed by atoms with Gasteiger partial charge in [-0.15, -0.1) is 10.2 Å². The predicted octanol–water partition coefficient (Wildman–Crippen LogP) is 1.27. The molecule has 0 bridgehead atoms. The van der Waals surface area contributed by atoms with Gasteiger partial charge in [-0.1, -0.05) is 0 Å². The topological polar surface area (TPSA) is 70.6 Å². The Balaban J connectivity index is 1.67. The molecule has 132 valence electrons. The molecule has 0 saturated carbocycles. The quantitative estimate of drug-likeness (QED) is 0.889. The van der Waals surface area contributed by atoms with E-state index in [0.29, 0.717) is 31.4 Å². The second-order valence-electron chi connectivity index (χ2n) is 7.20. The lowest BCUT2D eigenvalue weighted by Crippen LogP contribution is -2.52. The van der Waals surface area contributed by atoms with E-state index in [1.165, 1.54) is 0 Å². The summed E-state index contributed by atoms with van der Waals surface area (Å²) in [6, 6.07) is 4.02. The van der Waals surface area contributed by atoms with Crippen molar-refractivity contribution in [2.75, 3.05) is 33.7 Å². The average molecular weight is 333 g/mol. The highest BCUT2D eigenvalue weighted by Crippen LogP contribution is 2.24. The van der Waals surface area contributed by atoms with Crippen molar-refractivity contribution in [2.45, 2.75) is 31.9 Å². The molecule has 3 heterocycles. The summed E-state index contributed by atoms with van der Waals surface area (Å²) in [6.45, 7) is 4.86. The lowest BCUT2D eigenvalue weighted by atomic mass is 9.92. The van der Waals surface area contributed by atoms with Crippen molar-refractivity contribution < 1.29 is 9.52 Å². The molecule has 0 amide bonds. The molecular weight excluding hydrogens is 306 g/mol. The van der Waals surface area contributed by atoms with Crippen molar-refractivity contribution >= 4 is 0 Å². The van der Waals surface area contributed by atoms with Crippen LogP contribution in [0.3, 0.4) is 0 Å². The number of aryl methyl sites for hydroxylation is 1. The standard InChI is InChI=1S/C17H27N5O2/c1-13-6-7-14(21(13)4)16-19-18-15(24-16)10-22-9-5-8-17(23,12-22)11-20(2)3/h6-7,23H,5,8-12H2,1-4H3. The maximum Gasteiger partial charge on any atom is 0.264 e. The van der Waals surface area contributed by atoms with E-state index < -0.39 is 5.60 Å². The van der Waals surface area contributed by atoms with Gasteiger partial charge in [0.2, 0.25) is 5.89 Å². The fourth-order valence-corrected chi connectivity index (χ4v) is 3.50. The number of hydrogen-bond donors (Lipinski definition) is 1. The zero-order chi connectivity index (χ0) is 17.3. The van der Waals surface area contributed by atoms with Gasteiger partial charge in [-0.05, 0) is 52.5 Å². The van der Waals surface area contributed by atoms with Crippen LogP contribution >= 0.6 is 0 Å². The largest absolute Gasteiger partial charge is 0.418 e. The van der Waals surface area contributed by atoms with Crippen LogP contribution < -0.4 is 0 Å². The van der Waals surface area contributed by atoms with E-state index in [4.69, 9.17) is 4.42 Å². The molecule has 2 aromatic rings. The number of hydrogen-bond acceptors (Lipinski definition) is 6. The monoisotopic (exact) mass is 333 g/mol. The predicted molar refractivity (Wildman–Crippen MR) is 91.5 cm³/mol. The van der Waals surface area contributed by atoms with Gasteiger partial charge in [-0.3, -0.25) is 4.90 Å². The van der Waals surface area contributed by atoms with Crippen molar-refractivity contribution in [1.82, 2.24) is 24.6 Å². The van der Waals surface area contributed by atoms with Crippen LogP contribution in [0.5, 0.6) is 0 Å². The number of aromatic nitrogens is 3. The van der Waals surface area contributed by atoms with Gasteiger partial charge < -0.3 is 19.0 Å². The van der Waals surface area contributed by atoms with E-state index in [1.807, 2.05) is 49.7 Å². The molecule has 7 heteroatoms. The van der Waals surface area contributed by atoms with Crippen LogP contribution in [0.1, 0.15) is 24.4 Å². The second kappa shape index (κ2) is 6.66. The third kappa shape index (κ3) is 3.68. The lowest BCUT2D eigenvalue weighted by Gasteiger charge is -2.40. The first-order valence-electron chi connectivity index (χ1n) is 8.41. The van der Waals surface area contributed by atoms with Crippen molar-refractivity contribution in [3.05, 3.63) is 23.7 Å². The second-order valence-corrected chi connectivity index (χ2v) is 7.20. The maximum absolute atomic E-state index is 10.8. The number of likely N-dealkylation sites (N-methyl/N-ethyl adjacent to an activating group) is 1. The minimum Gasteiger partial charge on any atom is -0.418 e. The van der Waals surface area contributed by atoms with Gasteiger partial charge in [0.25, 0.3) is 5.89 Å². The Morgan fingerprint density at radius 3 is 2.79 bits per heavy atom. The number of rotatable bonds is 5. The van der Waals surface area contributed by atoms with Crippen molar-refractivity contribution in [3.8, 4) is 11.6 Å². The van der Waals surface area contributed by atoms with Crippen LogP contribution in [-0.4, -0.2) is 69.0 Å². The molecule has 7 nitrogen and oxygen atoms in total. The van der Waals surface area contributed by atoms with Crippen molar-refractivity contribution in [3.63, 3.8) is 0 Å². The fourth-order valence-electron chi connectivity index (χ4n) is 3.50. The molecule has 2 aromatic heterocycles. The molecule has 1 aliphatic rings. The van der Waals surface area contributed by atoms with E-state index in [1.54, 1.807) is 0 Å². The van der Waals surface area contributed by atoms with Crippen LogP contribution in [0.2, 0.25) is 0 Å². The molecule has 1 aliphatic heterocycles. The van der Waals surface area contributed by atoms with Crippen LogP contribution in [0.15, 0.2) is 16.5 Å². The minimum atomic E-state index is -0.667. The third-order valence-corrected chi connectivity index (χ3v) is 4.66. The maximum atomic E-state index is 10.8. The fraction of sp³-hybridized carbons (Fsp3) is 0.647. The summed E-state index contributed by atoms with van der Waals surface area (Å²) in [4.78, 5) is 4.23. The number of nitrogens with zero attached hydrogens (tertiary/aromatic N) is 5. The van der Waals surface area contributed by atoms with E-state index in [2.05, 4.69) is 15.1 Å². The smallest absolute Gasteiger partial charge is 0.264 e. The molecular formula is C17H27N5O2. The normalized spacial score (nSPS) is 22.4. The zero-order valence-electron chi connectivity index (χ0n) is 15.0. The summed E-state index contributed by atoms with van der Waals surface area (Å²) in [5, 5.41) is 19.1. The van der Waals surface area contributed by atoms with E-state index in [9.17, 15) is 5.11 Å². The molecule has 0 radical (unpaired) electrons. The van der Waals surface area contributed by atoms with Crippen LogP contribution in [0, 0.1) is 6.92 Å². The molecule has 3 rings (SSSR count). The first-order valence-corrected chi connectivity index (χ1v) is 8.41. The Morgan fingerprint density at radius 1 is 1.33 bits per heavy atom. The molecule has 0 aromatic carbocycles. The van der Waals surface area contributed by atoms with Gasteiger partial charge in [-0.2, -0.15) is 0 Å². The third-order valence-electron chi connectivity index (χ3n) is 4.66. The molecule has 0 spiro atoms. The summed E-state index contributed by atoms with van der Waals surface area (Å²) in [6.07, 6.45) is 1.81. The average Bonchev–Trinajstić information content (AvgIpc) is 3.06. The van der Waals surface area contributed by atoms with E-state index in [-0.39, 0.29) is 0 Å². The Kier molecular flexibility index (Phi) is 4.76. The summed E-state index contributed by atoms with van der Waals surface area (Å²) in [5.41, 5.74) is 1.41. The molecule has 1 N–H and O–H groups in total. The molecule has 1 unspecified atom stereocenters. The Morgan fingerprint density at radius 2 is 2.12 bits per heavy atom. The molecule has 1 saturated heterocycles. The van der Waals surface area contributed by atoms with Crippen LogP contribution in [0.25, 0.3) is 11.6 Å². The summed E-state index contributed by atoms with van der Waals surface area (Å²) >= 11 is 0. The van der Waals surface area contributed by atoms with E-state index >= 15 is 0 Å². The van der Waals surface area contributed by atoms with Crippen molar-refractivity contribution in [1.29, 1.82) is 0 Å². The highest BCUT2D eigenvalue weighted by molar-refractivity contribution is 5.48. The van der Waals surface area contributed by atoms with Gasteiger partial charge in [-0.25, -0.2) is 0 Å². The Hall–Kier alpha value is -1.70. The summed E-state index contributed by atoms with van der Waals surface area (Å²) in [7, 11) is 5.96. The SMILES string of the molecule is Cc1ccc(-c2nnc(CN3CCCC(O)(CN(C)C)C3)o2)n1C. The van der Waals surface area contributed by atoms with Crippen LogP contribution in [-0.2, 0) is 13.6 Å². The zero-order valence-corrected chi connectivity index (χ0v) is 15.0. The number of piperidine rings is 1. The van der Waals surface area contributed by atoms with Gasteiger partial charge in [0.05, 0.1) is 12.1 Å². The summed E-state index contributed by atoms with van der Waals surface area (Å²) < 4.78 is 7.87. The first kappa shape index (κ1) is 17.1. The molecule has 1 fully saturated rings. The number of β-amino-alcohol motifs (C(OH)–C–C–N with tert-alkyl or cyclic N) is 1. The lowest BCUT2D eigenvalue weighted by molar-refractivity contribution is -0.0495. The molecule has 1 atom stereocenters.